The molecule has 1 amide bonds. The average molecular weight is 296 g/mol. The van der Waals surface area contributed by atoms with Crippen molar-refractivity contribution in [1.29, 1.82) is 0 Å². The maximum absolute atomic E-state index is 12.6. The van der Waals surface area contributed by atoms with E-state index in [1.54, 1.807) is 5.51 Å². The summed E-state index contributed by atoms with van der Waals surface area (Å²) in [6, 6.07) is 9.79. The maximum atomic E-state index is 12.6. The molecule has 21 heavy (non-hydrogen) atoms. The number of nitrogens with one attached hydrogen (secondary N) is 1. The number of thiazole rings is 1. The second kappa shape index (κ2) is 5.30. The lowest BCUT2D eigenvalue weighted by atomic mass is 10.0. The van der Waals surface area contributed by atoms with Crippen LogP contribution in [0.5, 0.6) is 0 Å². The Bertz CT molecular complexity index is 813. The number of hydrogen-bond donors (Lipinski definition) is 1. The molecule has 3 rings (SSSR count). The first-order chi connectivity index (χ1) is 10.1. The summed E-state index contributed by atoms with van der Waals surface area (Å²) in [5.41, 5.74) is 7.57. The lowest BCUT2D eigenvalue weighted by Gasteiger charge is -2.13. The van der Waals surface area contributed by atoms with Crippen LogP contribution in [0, 0.1) is 20.8 Å². The molecule has 0 bridgehead atoms. The van der Waals surface area contributed by atoms with Crippen LogP contribution in [0.3, 0.4) is 0 Å². The molecule has 1 heterocycles. The van der Waals surface area contributed by atoms with E-state index < -0.39 is 0 Å². The summed E-state index contributed by atoms with van der Waals surface area (Å²) < 4.78 is 0.928. The van der Waals surface area contributed by atoms with E-state index in [-0.39, 0.29) is 5.91 Å². The molecule has 0 spiro atoms. The minimum absolute atomic E-state index is 0.0834. The van der Waals surface area contributed by atoms with Crippen molar-refractivity contribution in [1.82, 2.24) is 4.98 Å². The SMILES string of the molecule is Cc1cc(C)c(NC(=O)c2cccc3ncsc23)c(C)c1. The van der Waals surface area contributed by atoms with Gasteiger partial charge in [0, 0.05) is 5.69 Å². The topological polar surface area (TPSA) is 42.0 Å². The van der Waals surface area contributed by atoms with Gasteiger partial charge in [-0.1, -0.05) is 23.8 Å². The zero-order valence-corrected chi connectivity index (χ0v) is 13.0. The number of benzene rings is 2. The maximum Gasteiger partial charge on any atom is 0.257 e. The Kier molecular flexibility index (Phi) is 3.47. The molecule has 2 aromatic carbocycles. The first-order valence-electron chi connectivity index (χ1n) is 6.77. The van der Waals surface area contributed by atoms with E-state index in [0.29, 0.717) is 5.56 Å². The number of nitrogens with zero attached hydrogens (tertiary/aromatic N) is 1. The highest BCUT2D eigenvalue weighted by molar-refractivity contribution is 7.17. The molecule has 1 aromatic heterocycles. The number of carbonyl (C=O) groups excluding carboxylic acids is 1. The number of hydrogen-bond acceptors (Lipinski definition) is 3. The smallest absolute Gasteiger partial charge is 0.257 e. The molecule has 0 atom stereocenters. The van der Waals surface area contributed by atoms with Crippen molar-refractivity contribution in [3.63, 3.8) is 0 Å². The van der Waals surface area contributed by atoms with E-state index in [1.165, 1.54) is 16.9 Å². The van der Waals surface area contributed by atoms with Crippen LogP contribution in [0.2, 0.25) is 0 Å². The third kappa shape index (κ3) is 2.54. The predicted molar refractivity (Wildman–Crippen MR) is 88.2 cm³/mol. The molecule has 106 valence electrons. The van der Waals surface area contributed by atoms with Gasteiger partial charge >= 0.3 is 0 Å². The summed E-state index contributed by atoms with van der Waals surface area (Å²) in [4.78, 5) is 16.8. The molecular formula is C17H16N2OS. The number of rotatable bonds is 2. The molecule has 4 heteroatoms. The number of aryl methyl sites for hydroxylation is 3. The molecule has 1 N–H and O–H groups in total. The minimum atomic E-state index is -0.0834. The number of fused-ring (bicyclic) bond motifs is 1. The highest BCUT2D eigenvalue weighted by atomic mass is 32.1. The summed E-state index contributed by atoms with van der Waals surface area (Å²) >= 11 is 1.49. The lowest BCUT2D eigenvalue weighted by Crippen LogP contribution is -2.14. The third-order valence-electron chi connectivity index (χ3n) is 3.52. The molecular weight excluding hydrogens is 280 g/mol. The average Bonchev–Trinajstić information content (AvgIpc) is 2.90. The van der Waals surface area contributed by atoms with Crippen LogP contribution in [0.25, 0.3) is 10.2 Å². The van der Waals surface area contributed by atoms with E-state index in [1.807, 2.05) is 32.0 Å². The highest BCUT2D eigenvalue weighted by Crippen LogP contribution is 2.26. The van der Waals surface area contributed by atoms with Gasteiger partial charge < -0.3 is 5.32 Å². The Labute approximate surface area is 127 Å². The Hall–Kier alpha value is -2.20. The van der Waals surface area contributed by atoms with Gasteiger partial charge in [0.05, 0.1) is 21.3 Å². The first-order valence-corrected chi connectivity index (χ1v) is 7.65. The van der Waals surface area contributed by atoms with E-state index in [4.69, 9.17) is 0 Å². The molecule has 0 aliphatic rings. The largest absolute Gasteiger partial charge is 0.321 e. The fourth-order valence-electron chi connectivity index (χ4n) is 2.62. The first kappa shape index (κ1) is 13.8. The second-order valence-corrected chi connectivity index (χ2v) is 6.09. The third-order valence-corrected chi connectivity index (χ3v) is 4.39. The van der Waals surface area contributed by atoms with Gasteiger partial charge in [-0.25, -0.2) is 4.98 Å². The quantitative estimate of drug-likeness (QED) is 0.758. The van der Waals surface area contributed by atoms with E-state index >= 15 is 0 Å². The van der Waals surface area contributed by atoms with Crippen molar-refractivity contribution in [2.24, 2.45) is 0 Å². The van der Waals surface area contributed by atoms with Crippen LogP contribution >= 0.6 is 11.3 Å². The second-order valence-electron chi connectivity index (χ2n) is 5.23. The Morgan fingerprint density at radius 2 is 1.86 bits per heavy atom. The predicted octanol–water partition coefficient (Wildman–Crippen LogP) is 4.47. The van der Waals surface area contributed by atoms with Crippen molar-refractivity contribution < 1.29 is 4.79 Å². The van der Waals surface area contributed by atoms with Crippen molar-refractivity contribution in [3.05, 3.63) is 58.1 Å². The molecule has 0 fully saturated rings. The molecule has 0 saturated carbocycles. The van der Waals surface area contributed by atoms with Crippen molar-refractivity contribution >= 4 is 33.1 Å². The monoisotopic (exact) mass is 296 g/mol. The van der Waals surface area contributed by atoms with Gasteiger partial charge in [-0.3, -0.25) is 4.79 Å². The summed E-state index contributed by atoms with van der Waals surface area (Å²) in [6.45, 7) is 6.09. The standard InChI is InChI=1S/C17H16N2OS/c1-10-7-11(2)15(12(3)8-10)19-17(20)13-5-4-6-14-16(13)21-9-18-14/h4-9H,1-3H3,(H,19,20). The van der Waals surface area contributed by atoms with Crippen LogP contribution in [0.4, 0.5) is 5.69 Å². The van der Waals surface area contributed by atoms with Gasteiger partial charge in [-0.15, -0.1) is 11.3 Å². The molecule has 3 nitrogen and oxygen atoms in total. The minimum Gasteiger partial charge on any atom is -0.321 e. The fourth-order valence-corrected chi connectivity index (χ4v) is 3.42. The van der Waals surface area contributed by atoms with Gasteiger partial charge in [-0.05, 0) is 44.0 Å². The molecule has 0 saturated heterocycles. The lowest BCUT2D eigenvalue weighted by molar-refractivity contribution is 0.102. The van der Waals surface area contributed by atoms with Crippen LogP contribution in [-0.4, -0.2) is 10.9 Å². The Balaban J connectivity index is 1.99. The fraction of sp³-hybridized carbons (Fsp3) is 0.176. The van der Waals surface area contributed by atoms with Gasteiger partial charge in [0.25, 0.3) is 5.91 Å². The van der Waals surface area contributed by atoms with Gasteiger partial charge in [0.15, 0.2) is 0 Å². The van der Waals surface area contributed by atoms with Crippen LogP contribution in [-0.2, 0) is 0 Å². The zero-order valence-electron chi connectivity index (χ0n) is 12.2. The van der Waals surface area contributed by atoms with E-state index in [0.717, 1.165) is 27.0 Å². The van der Waals surface area contributed by atoms with E-state index in [9.17, 15) is 4.79 Å². The summed E-state index contributed by atoms with van der Waals surface area (Å²) in [7, 11) is 0. The number of aromatic nitrogens is 1. The van der Waals surface area contributed by atoms with E-state index in [2.05, 4.69) is 29.4 Å². The summed E-state index contributed by atoms with van der Waals surface area (Å²) in [6.07, 6.45) is 0. The highest BCUT2D eigenvalue weighted by Gasteiger charge is 2.14. The molecule has 3 aromatic rings. The van der Waals surface area contributed by atoms with Crippen molar-refractivity contribution in [2.75, 3.05) is 5.32 Å². The van der Waals surface area contributed by atoms with Crippen molar-refractivity contribution in [3.8, 4) is 0 Å². The molecule has 0 aliphatic carbocycles. The van der Waals surface area contributed by atoms with Crippen molar-refractivity contribution in [2.45, 2.75) is 20.8 Å². The number of anilines is 1. The molecule has 0 unspecified atom stereocenters. The molecule has 0 aliphatic heterocycles. The van der Waals surface area contributed by atoms with Gasteiger partial charge in [-0.2, -0.15) is 0 Å². The van der Waals surface area contributed by atoms with Gasteiger partial charge in [0.2, 0.25) is 0 Å². The Morgan fingerprint density at radius 3 is 2.57 bits per heavy atom. The Morgan fingerprint density at radius 1 is 1.14 bits per heavy atom. The summed E-state index contributed by atoms with van der Waals surface area (Å²) in [5.74, 6) is -0.0834. The van der Waals surface area contributed by atoms with Crippen LogP contribution in [0.1, 0.15) is 27.0 Å². The zero-order chi connectivity index (χ0) is 15.0. The van der Waals surface area contributed by atoms with Gasteiger partial charge in [0.1, 0.15) is 0 Å². The summed E-state index contributed by atoms with van der Waals surface area (Å²) in [5, 5.41) is 3.04. The number of carbonyl (C=O) groups is 1. The normalized spacial score (nSPS) is 10.8. The van der Waals surface area contributed by atoms with Crippen LogP contribution < -0.4 is 5.32 Å². The number of amides is 1. The van der Waals surface area contributed by atoms with Crippen LogP contribution in [0.15, 0.2) is 35.8 Å². The molecule has 0 radical (unpaired) electrons.